The first-order valence-electron chi connectivity index (χ1n) is 16.8. The zero-order chi connectivity index (χ0) is 34.4. The van der Waals surface area contributed by atoms with Crippen LogP contribution < -0.4 is 104 Å². The lowest BCUT2D eigenvalue weighted by atomic mass is 9.62. The molecular formula is C25H41B19S. The summed E-state index contributed by atoms with van der Waals surface area (Å²) < 4.78 is 0. The van der Waals surface area contributed by atoms with Gasteiger partial charge in [-0.2, -0.15) is 0 Å². The van der Waals surface area contributed by atoms with E-state index in [1.807, 2.05) is 0 Å². The zero-order valence-corrected chi connectivity index (χ0v) is 33.2. The van der Waals surface area contributed by atoms with Crippen molar-refractivity contribution in [1.82, 2.24) is 0 Å². The third-order valence-corrected chi connectivity index (χ3v) is 17.8. The molecule has 0 bridgehead atoms. The molecule has 0 heterocycles. The molecule has 0 aliphatic rings. The fourth-order valence-electron chi connectivity index (χ4n) is 8.31. The van der Waals surface area contributed by atoms with Crippen LogP contribution in [0, 0.1) is 6.92 Å². The van der Waals surface area contributed by atoms with Crippen molar-refractivity contribution in [3.8, 4) is 0 Å². The predicted molar refractivity (Wildman–Crippen MR) is 267 cm³/mol. The lowest BCUT2D eigenvalue weighted by Gasteiger charge is -2.52. The maximum absolute atomic E-state index is 2.43. The van der Waals surface area contributed by atoms with Crippen LogP contribution in [0.4, 0.5) is 0 Å². The van der Waals surface area contributed by atoms with Crippen molar-refractivity contribution < 1.29 is 0 Å². The van der Waals surface area contributed by atoms with Gasteiger partial charge in [-0.25, -0.2) is 0 Å². The van der Waals surface area contributed by atoms with Crippen molar-refractivity contribution in [2.24, 2.45) is 0 Å². The highest BCUT2D eigenvalue weighted by Crippen LogP contribution is 2.69. The molecule has 0 fully saturated rings. The second-order valence-corrected chi connectivity index (χ2v) is 17.3. The molecule has 0 saturated heterocycles. The second kappa shape index (κ2) is 12.5. The van der Waals surface area contributed by atoms with Gasteiger partial charge in [-0.15, -0.1) is 64.7 Å². The highest BCUT2D eigenvalue weighted by molar-refractivity contribution is 8.35. The lowest BCUT2D eigenvalue weighted by Crippen LogP contribution is -2.62. The molecule has 0 aliphatic carbocycles. The molecule has 0 aliphatic heterocycles. The van der Waals surface area contributed by atoms with Crippen LogP contribution >= 0.6 is 10.0 Å². The maximum atomic E-state index is 2.43. The van der Waals surface area contributed by atoms with Crippen LogP contribution in [0.2, 0.25) is 0 Å². The van der Waals surface area contributed by atoms with Gasteiger partial charge in [0.2, 0.25) is 0 Å². The van der Waals surface area contributed by atoms with Gasteiger partial charge in [0.05, 0.1) is 0 Å². The van der Waals surface area contributed by atoms with Crippen molar-refractivity contribution >= 4 is 263 Å². The summed E-state index contributed by atoms with van der Waals surface area (Å²) in [7, 11) is 43.3. The molecule has 0 radical (unpaired) electrons. The van der Waals surface area contributed by atoms with E-state index in [9.17, 15) is 0 Å². The molecule has 0 atom stereocenters. The third kappa shape index (κ3) is 4.95. The first-order valence-corrected chi connectivity index (χ1v) is 18.4. The third-order valence-electron chi connectivity index (χ3n) is 12.9. The van der Waals surface area contributed by atoms with Crippen molar-refractivity contribution in [3.63, 3.8) is 0 Å². The van der Waals surface area contributed by atoms with Crippen LogP contribution in [-0.4, -0.2) is 149 Å². The van der Waals surface area contributed by atoms with Crippen LogP contribution in [-0.2, 0) is 0 Å². The molecule has 20 heteroatoms. The summed E-state index contributed by atoms with van der Waals surface area (Å²) in [6, 6.07) is 0. The number of hydrogen-bond donors (Lipinski definition) is 0. The Hall–Kier alpha value is -1.54. The molecule has 0 N–H and O–H groups in total. The van der Waals surface area contributed by atoms with E-state index in [2.05, 4.69) is 156 Å². The molecule has 45 heavy (non-hydrogen) atoms. The van der Waals surface area contributed by atoms with Gasteiger partial charge < -0.3 is 0 Å². The van der Waals surface area contributed by atoms with Crippen LogP contribution in [0.15, 0.2) is 19.6 Å². The molecule has 204 valence electrons. The zero-order valence-electron chi connectivity index (χ0n) is 32.4. The predicted octanol–water partition coefficient (Wildman–Crippen LogP) is -25.8. The van der Waals surface area contributed by atoms with Gasteiger partial charge in [0.1, 0.15) is 149 Å². The van der Waals surface area contributed by atoms with Gasteiger partial charge in [-0.1, -0.05) is 54.7 Å². The van der Waals surface area contributed by atoms with Gasteiger partial charge in [0.25, 0.3) is 0 Å². The molecule has 0 aromatic heterocycles. The Morgan fingerprint density at radius 1 is 0.222 bits per heavy atom. The average Bonchev–Trinajstić information content (AvgIpc) is 3.00. The summed E-state index contributed by atoms with van der Waals surface area (Å²) >= 11 is 0. The molecule has 0 unspecified atom stereocenters. The molecule has 0 saturated carbocycles. The Kier molecular flexibility index (Phi) is 10.1. The topological polar surface area (TPSA) is 0 Å². The van der Waals surface area contributed by atoms with E-state index < -0.39 is 10.0 Å². The summed E-state index contributed by atoms with van der Waals surface area (Å²) in [6.07, 6.45) is 0. The van der Waals surface area contributed by atoms with E-state index in [0.717, 1.165) is 0 Å². The van der Waals surface area contributed by atoms with Gasteiger partial charge in [-0.05, 0) is 26.5 Å². The number of hydrogen-bond acceptors (Lipinski definition) is 0. The van der Waals surface area contributed by atoms with E-state index in [1.54, 1.807) is 19.6 Å². The first-order chi connectivity index (χ1) is 20.7. The van der Waals surface area contributed by atoms with E-state index in [-0.39, 0.29) is 0 Å². The lowest BCUT2D eigenvalue weighted by molar-refractivity contribution is 1.37. The van der Waals surface area contributed by atoms with Gasteiger partial charge in [0.15, 0.2) is 0 Å². The number of rotatable bonds is 4. The minimum absolute atomic E-state index is 1.43. The molecule has 0 amide bonds. The van der Waals surface area contributed by atoms with Crippen LogP contribution in [0.5, 0.6) is 0 Å². The van der Waals surface area contributed by atoms with E-state index >= 15 is 0 Å². The Balaban J connectivity index is 2.69. The smallest absolute Gasteiger partial charge is 0.137 e. The van der Waals surface area contributed by atoms with Crippen molar-refractivity contribution in [2.45, 2.75) is 26.5 Å². The fourth-order valence-corrected chi connectivity index (χ4v) is 14.4. The van der Waals surface area contributed by atoms with Crippen molar-refractivity contribution in [1.29, 1.82) is 0 Å². The summed E-state index contributed by atoms with van der Waals surface area (Å²) in [4.78, 5) is 6.28. The molecule has 4 rings (SSSR count). The Bertz CT molecular complexity index is 1570. The maximum Gasteiger partial charge on any atom is 0.141 e. The Morgan fingerprint density at radius 3 is 0.600 bits per heavy atom. The minimum atomic E-state index is -2.00. The summed E-state index contributed by atoms with van der Waals surface area (Å²) in [6.45, 7) is 2.37. The average molecular weight is 579 g/mol. The molecule has 4 aromatic carbocycles. The largest absolute Gasteiger partial charge is 0.141 e. The SMILES string of the molecule is Bc1c(B)c(B)c(S(c2c(B)c(B)c(B)c(B)c2B)(c2c(B)c(B)c(B)c(B)c2B)c2c(B)c(B)c(B)c(C)c2B)c(B)c1B. The standard InChI is InChI=1S/C25H41B19S/c1-2-3(26)5(28)15(38)22(4(2)27)45(23-16(39)9(32)6(29)10(33)17(23)40,24-18(41)11(34)7(30)12(35)19(24)42)25-20(43)13(36)8(31)14(37)21(25)44/h26-44H2,1H3. The Morgan fingerprint density at radius 2 is 0.378 bits per heavy atom. The van der Waals surface area contributed by atoms with Gasteiger partial charge >= 0.3 is 0 Å². The summed E-state index contributed by atoms with van der Waals surface area (Å²) in [5.41, 5.74) is 28.9. The summed E-state index contributed by atoms with van der Waals surface area (Å²) in [5.74, 6) is 0. The van der Waals surface area contributed by atoms with E-state index in [4.69, 9.17) is 0 Å². The highest BCUT2D eigenvalue weighted by atomic mass is 32.3. The van der Waals surface area contributed by atoms with Gasteiger partial charge in [-0.3, -0.25) is 0 Å². The van der Waals surface area contributed by atoms with E-state index in [0.29, 0.717) is 0 Å². The van der Waals surface area contributed by atoms with Crippen molar-refractivity contribution in [3.05, 3.63) is 5.56 Å². The van der Waals surface area contributed by atoms with Crippen LogP contribution in [0.25, 0.3) is 0 Å². The monoisotopic (exact) mass is 582 g/mol. The highest BCUT2D eigenvalue weighted by Gasteiger charge is 2.43. The molecule has 0 spiro atoms. The minimum Gasteiger partial charge on any atom is -0.137 e. The number of benzene rings is 4. The van der Waals surface area contributed by atoms with Crippen LogP contribution in [0.3, 0.4) is 0 Å². The second-order valence-electron chi connectivity index (χ2n) is 14.4. The molecule has 4 aromatic rings. The van der Waals surface area contributed by atoms with Crippen LogP contribution in [0.1, 0.15) is 5.56 Å². The fraction of sp³-hybridized carbons (Fsp3) is 0.0400. The normalized spacial score (nSPS) is 11.9. The van der Waals surface area contributed by atoms with Crippen molar-refractivity contribution in [2.75, 3.05) is 0 Å². The van der Waals surface area contributed by atoms with E-state index in [1.165, 1.54) is 109 Å². The Labute approximate surface area is 293 Å². The molecular weight excluding hydrogens is 538 g/mol. The summed E-state index contributed by atoms with van der Waals surface area (Å²) in [5, 5.41) is 0. The first kappa shape index (κ1) is 36.3. The molecule has 0 nitrogen and oxygen atoms in total. The van der Waals surface area contributed by atoms with Gasteiger partial charge in [0, 0.05) is 0 Å². The quantitative estimate of drug-likeness (QED) is 0.211.